The molecule has 1 aliphatic rings. The lowest BCUT2D eigenvalue weighted by atomic mass is 10.1. The van der Waals surface area contributed by atoms with Crippen molar-refractivity contribution in [3.63, 3.8) is 0 Å². The minimum atomic E-state index is -0.416. The summed E-state index contributed by atoms with van der Waals surface area (Å²) in [7, 11) is 1.33. The van der Waals surface area contributed by atoms with Crippen molar-refractivity contribution < 1.29 is 14.3 Å². The molecule has 0 aromatic heterocycles. The Labute approximate surface area is 106 Å². The van der Waals surface area contributed by atoms with Gasteiger partial charge in [-0.3, -0.25) is 0 Å². The molecule has 2 rings (SSSR count). The highest BCUT2D eigenvalue weighted by atomic mass is 16.5. The second kappa shape index (κ2) is 5.08. The van der Waals surface area contributed by atoms with Crippen molar-refractivity contribution in [1.82, 2.24) is 5.32 Å². The molecule has 0 unspecified atom stereocenters. The van der Waals surface area contributed by atoms with E-state index in [4.69, 9.17) is 0 Å². The molecule has 2 amide bonds. The van der Waals surface area contributed by atoms with E-state index in [-0.39, 0.29) is 6.03 Å². The van der Waals surface area contributed by atoms with Gasteiger partial charge < -0.3 is 15.4 Å². The van der Waals surface area contributed by atoms with Crippen molar-refractivity contribution in [2.45, 2.75) is 25.8 Å². The van der Waals surface area contributed by atoms with E-state index in [2.05, 4.69) is 15.4 Å². The number of benzene rings is 1. The first-order chi connectivity index (χ1) is 8.60. The third kappa shape index (κ3) is 3.00. The van der Waals surface area contributed by atoms with Gasteiger partial charge in [-0.25, -0.2) is 9.59 Å². The quantitative estimate of drug-likeness (QED) is 0.805. The Balaban J connectivity index is 2.09. The normalized spacial score (nSPS) is 13.9. The molecule has 5 nitrogen and oxygen atoms in total. The number of amides is 2. The number of esters is 1. The molecule has 0 atom stereocenters. The van der Waals surface area contributed by atoms with Crippen LogP contribution in [0.2, 0.25) is 0 Å². The lowest BCUT2D eigenvalue weighted by Gasteiger charge is -2.10. The van der Waals surface area contributed by atoms with Gasteiger partial charge in [0.1, 0.15) is 0 Å². The molecule has 0 bridgehead atoms. The van der Waals surface area contributed by atoms with Gasteiger partial charge in [-0.1, -0.05) is 6.07 Å². The van der Waals surface area contributed by atoms with Gasteiger partial charge in [0, 0.05) is 11.7 Å². The zero-order chi connectivity index (χ0) is 13.1. The molecule has 2 N–H and O–H groups in total. The summed E-state index contributed by atoms with van der Waals surface area (Å²) in [6.45, 7) is 1.87. The van der Waals surface area contributed by atoms with E-state index in [9.17, 15) is 9.59 Å². The summed E-state index contributed by atoms with van der Waals surface area (Å²) in [4.78, 5) is 23.0. The van der Waals surface area contributed by atoms with Crippen molar-refractivity contribution in [3.8, 4) is 0 Å². The first kappa shape index (κ1) is 12.4. The Hall–Kier alpha value is -2.04. The van der Waals surface area contributed by atoms with Crippen LogP contribution in [0.3, 0.4) is 0 Å². The molecule has 0 radical (unpaired) electrons. The number of hydrogen-bond donors (Lipinski definition) is 2. The van der Waals surface area contributed by atoms with Crippen molar-refractivity contribution in [1.29, 1.82) is 0 Å². The number of carbonyl (C=O) groups is 2. The van der Waals surface area contributed by atoms with Gasteiger partial charge in [-0.15, -0.1) is 0 Å². The second-order valence-electron chi connectivity index (χ2n) is 4.39. The SMILES string of the molecule is COC(=O)c1ccc(C)c(NC(=O)NC2CC2)c1. The number of methoxy groups -OCH3 is 1. The molecule has 5 heteroatoms. The summed E-state index contributed by atoms with van der Waals surface area (Å²) in [6.07, 6.45) is 2.07. The average Bonchev–Trinajstić information content (AvgIpc) is 3.14. The van der Waals surface area contributed by atoms with Crippen LogP contribution in [-0.2, 0) is 4.74 Å². The number of nitrogens with one attached hydrogen (secondary N) is 2. The minimum Gasteiger partial charge on any atom is -0.465 e. The predicted molar refractivity (Wildman–Crippen MR) is 67.7 cm³/mol. The highest BCUT2D eigenvalue weighted by Crippen LogP contribution is 2.20. The fourth-order valence-corrected chi connectivity index (χ4v) is 1.57. The molecule has 1 saturated carbocycles. The van der Waals surface area contributed by atoms with Crippen molar-refractivity contribution in [2.75, 3.05) is 12.4 Å². The number of carbonyl (C=O) groups excluding carboxylic acids is 2. The summed E-state index contributed by atoms with van der Waals surface area (Å²) in [6, 6.07) is 5.13. The molecule has 1 aliphatic carbocycles. The third-order valence-electron chi connectivity index (χ3n) is 2.82. The topological polar surface area (TPSA) is 67.4 Å². The lowest BCUT2D eigenvalue weighted by molar-refractivity contribution is 0.0600. The standard InChI is InChI=1S/C13H16N2O3/c1-8-3-4-9(12(16)18-2)7-11(8)15-13(17)14-10-5-6-10/h3-4,7,10H,5-6H2,1-2H3,(H2,14,15,17). The minimum absolute atomic E-state index is 0.234. The molecule has 1 fully saturated rings. The Kier molecular flexibility index (Phi) is 3.50. The molecule has 0 spiro atoms. The molecular weight excluding hydrogens is 232 g/mol. The van der Waals surface area contributed by atoms with Gasteiger partial charge >= 0.3 is 12.0 Å². The first-order valence-corrected chi connectivity index (χ1v) is 5.86. The van der Waals surface area contributed by atoms with Crippen LogP contribution in [0.15, 0.2) is 18.2 Å². The van der Waals surface area contributed by atoms with E-state index in [0.717, 1.165) is 18.4 Å². The van der Waals surface area contributed by atoms with Crippen molar-refractivity contribution >= 4 is 17.7 Å². The van der Waals surface area contributed by atoms with Crippen LogP contribution in [-0.4, -0.2) is 25.2 Å². The lowest BCUT2D eigenvalue weighted by Crippen LogP contribution is -2.30. The largest absolute Gasteiger partial charge is 0.465 e. The maximum absolute atomic E-state index is 11.6. The van der Waals surface area contributed by atoms with Gasteiger partial charge in [-0.2, -0.15) is 0 Å². The van der Waals surface area contributed by atoms with Gasteiger partial charge in [0.2, 0.25) is 0 Å². The Morgan fingerprint density at radius 3 is 2.67 bits per heavy atom. The van der Waals surface area contributed by atoms with Crippen LogP contribution in [0.4, 0.5) is 10.5 Å². The van der Waals surface area contributed by atoms with E-state index in [0.29, 0.717) is 17.3 Å². The van der Waals surface area contributed by atoms with Gasteiger partial charge in [0.25, 0.3) is 0 Å². The second-order valence-corrected chi connectivity index (χ2v) is 4.39. The van der Waals surface area contributed by atoms with Crippen LogP contribution >= 0.6 is 0 Å². The Bertz CT molecular complexity index is 481. The number of anilines is 1. The van der Waals surface area contributed by atoms with Gasteiger partial charge in [-0.05, 0) is 37.5 Å². The van der Waals surface area contributed by atoms with Crippen LogP contribution in [0.1, 0.15) is 28.8 Å². The van der Waals surface area contributed by atoms with E-state index >= 15 is 0 Å². The molecule has 18 heavy (non-hydrogen) atoms. The van der Waals surface area contributed by atoms with E-state index in [1.165, 1.54) is 7.11 Å². The van der Waals surface area contributed by atoms with Gasteiger partial charge in [0.05, 0.1) is 12.7 Å². The summed E-state index contributed by atoms with van der Waals surface area (Å²) in [5, 5.41) is 5.57. The van der Waals surface area contributed by atoms with Crippen LogP contribution < -0.4 is 10.6 Å². The zero-order valence-electron chi connectivity index (χ0n) is 10.4. The maximum atomic E-state index is 11.6. The summed E-state index contributed by atoms with van der Waals surface area (Å²) < 4.78 is 4.64. The third-order valence-corrected chi connectivity index (χ3v) is 2.82. The average molecular weight is 248 g/mol. The number of hydrogen-bond acceptors (Lipinski definition) is 3. The van der Waals surface area contributed by atoms with E-state index in [1.807, 2.05) is 6.92 Å². The number of urea groups is 1. The number of aryl methyl sites for hydroxylation is 1. The summed E-state index contributed by atoms with van der Waals surface area (Å²) in [5.74, 6) is -0.416. The Morgan fingerprint density at radius 1 is 1.33 bits per heavy atom. The zero-order valence-corrected chi connectivity index (χ0v) is 10.4. The summed E-state index contributed by atoms with van der Waals surface area (Å²) in [5.41, 5.74) is 1.94. The fourth-order valence-electron chi connectivity index (χ4n) is 1.57. The van der Waals surface area contributed by atoms with Crippen molar-refractivity contribution in [2.24, 2.45) is 0 Å². The van der Waals surface area contributed by atoms with E-state index in [1.54, 1.807) is 18.2 Å². The number of rotatable bonds is 3. The van der Waals surface area contributed by atoms with E-state index < -0.39 is 5.97 Å². The molecule has 0 heterocycles. The van der Waals surface area contributed by atoms with Crippen LogP contribution in [0.5, 0.6) is 0 Å². The predicted octanol–water partition coefficient (Wildman–Crippen LogP) is 2.07. The maximum Gasteiger partial charge on any atom is 0.337 e. The molecule has 96 valence electrons. The number of ether oxygens (including phenoxy) is 1. The molecule has 1 aromatic carbocycles. The highest BCUT2D eigenvalue weighted by molar-refractivity contribution is 5.94. The molecule has 0 saturated heterocycles. The monoisotopic (exact) mass is 248 g/mol. The smallest absolute Gasteiger partial charge is 0.337 e. The first-order valence-electron chi connectivity index (χ1n) is 5.86. The molecule has 0 aliphatic heterocycles. The highest BCUT2D eigenvalue weighted by Gasteiger charge is 2.23. The Morgan fingerprint density at radius 2 is 2.06 bits per heavy atom. The van der Waals surface area contributed by atoms with Crippen LogP contribution in [0.25, 0.3) is 0 Å². The molecule has 1 aromatic rings. The van der Waals surface area contributed by atoms with Crippen molar-refractivity contribution in [3.05, 3.63) is 29.3 Å². The van der Waals surface area contributed by atoms with Crippen LogP contribution in [0, 0.1) is 6.92 Å². The fraction of sp³-hybridized carbons (Fsp3) is 0.385. The van der Waals surface area contributed by atoms with Gasteiger partial charge in [0.15, 0.2) is 0 Å². The summed E-state index contributed by atoms with van der Waals surface area (Å²) >= 11 is 0. The molecular formula is C13H16N2O3.